The van der Waals surface area contributed by atoms with E-state index in [2.05, 4.69) is 29.7 Å². The van der Waals surface area contributed by atoms with Crippen LogP contribution in [-0.2, 0) is 14.9 Å². The van der Waals surface area contributed by atoms with Crippen LogP contribution in [0.4, 0.5) is 0 Å². The molecule has 2 saturated heterocycles. The van der Waals surface area contributed by atoms with Crippen LogP contribution in [0.5, 0.6) is 0 Å². The minimum absolute atomic E-state index is 0. The summed E-state index contributed by atoms with van der Waals surface area (Å²) in [5.74, 6) is 0.810. The molecule has 6 nitrogen and oxygen atoms in total. The third-order valence-electron chi connectivity index (χ3n) is 6.23. The average molecular weight is 552 g/mol. The van der Waals surface area contributed by atoms with Crippen LogP contribution < -0.4 is 10.6 Å². The van der Waals surface area contributed by atoms with E-state index in [0.717, 1.165) is 69.6 Å². The lowest BCUT2D eigenvalue weighted by atomic mass is 9.74. The zero-order chi connectivity index (χ0) is 20.6. The lowest BCUT2D eigenvalue weighted by Gasteiger charge is -2.38. The molecule has 1 aromatic rings. The Kier molecular flexibility index (Phi) is 10.6. The van der Waals surface area contributed by atoms with Gasteiger partial charge in [-0.05, 0) is 50.3 Å². The third-order valence-corrected chi connectivity index (χ3v) is 6.46. The monoisotopic (exact) mass is 551 g/mol. The molecule has 0 amide bonds. The van der Waals surface area contributed by atoms with Crippen LogP contribution in [0.15, 0.2) is 29.3 Å². The molecule has 2 fully saturated rings. The quantitative estimate of drug-likeness (QED) is 0.263. The lowest BCUT2D eigenvalue weighted by molar-refractivity contribution is 0.0513. The Hall–Kier alpha value is -0.610. The number of aliphatic hydroxyl groups is 1. The van der Waals surface area contributed by atoms with Gasteiger partial charge >= 0.3 is 0 Å². The maximum Gasteiger partial charge on any atom is 0.191 e. The zero-order valence-electron chi connectivity index (χ0n) is 17.8. The second kappa shape index (κ2) is 12.4. The zero-order valence-corrected chi connectivity index (χ0v) is 20.9. The van der Waals surface area contributed by atoms with Crippen molar-refractivity contribution in [3.8, 4) is 0 Å². The van der Waals surface area contributed by atoms with Crippen molar-refractivity contribution in [2.45, 2.75) is 38.0 Å². The fraction of sp³-hybridized carbons (Fsp3) is 0.682. The molecule has 1 unspecified atom stereocenters. The van der Waals surface area contributed by atoms with Crippen LogP contribution in [0.25, 0.3) is 0 Å². The Morgan fingerprint density at radius 3 is 2.57 bits per heavy atom. The van der Waals surface area contributed by atoms with Gasteiger partial charge in [-0.3, -0.25) is 4.99 Å². The molecule has 2 aliphatic rings. The highest BCUT2D eigenvalue weighted by Crippen LogP contribution is 2.35. The topological polar surface area (TPSA) is 75.1 Å². The minimum atomic E-state index is -0.0551. The largest absolute Gasteiger partial charge is 0.396 e. The molecule has 0 spiro atoms. The Morgan fingerprint density at radius 2 is 1.93 bits per heavy atom. The number of ether oxygens (including phenoxy) is 2. The van der Waals surface area contributed by atoms with Gasteiger partial charge in [-0.15, -0.1) is 24.0 Å². The van der Waals surface area contributed by atoms with Crippen LogP contribution in [-0.4, -0.2) is 63.7 Å². The number of nitrogens with one attached hydrogen (secondary N) is 2. The van der Waals surface area contributed by atoms with Crippen molar-refractivity contribution < 1.29 is 14.6 Å². The van der Waals surface area contributed by atoms with E-state index in [1.165, 1.54) is 5.56 Å². The number of guanidine groups is 1. The van der Waals surface area contributed by atoms with Gasteiger partial charge in [0, 0.05) is 55.4 Å². The first-order valence-electron chi connectivity index (χ1n) is 10.7. The van der Waals surface area contributed by atoms with Gasteiger partial charge in [-0.25, -0.2) is 0 Å². The molecule has 2 heterocycles. The summed E-state index contributed by atoms with van der Waals surface area (Å²) in [5, 5.41) is 17.2. The number of halogens is 2. The van der Waals surface area contributed by atoms with Gasteiger partial charge in [0.2, 0.25) is 0 Å². The smallest absolute Gasteiger partial charge is 0.191 e. The Morgan fingerprint density at radius 1 is 1.17 bits per heavy atom. The standard InChI is InChI=1S/C22H34ClN3O3.HI/c1-2-24-20(25-15-21(6-10-27)7-11-29-17-21)26-16-22(8-12-28-13-9-22)18-4-3-5-19(23)14-18;/h3-5,14,27H,2,6-13,15-17H2,1H3,(H2,24,25,26);1H. The number of aliphatic hydroxyl groups excluding tert-OH is 1. The number of rotatable bonds is 8. The summed E-state index contributed by atoms with van der Waals surface area (Å²) in [6, 6.07) is 8.17. The van der Waals surface area contributed by atoms with E-state index in [1.54, 1.807) is 0 Å². The molecule has 0 aliphatic carbocycles. The van der Waals surface area contributed by atoms with Gasteiger partial charge in [0.1, 0.15) is 0 Å². The molecular formula is C22H35ClIN3O3. The molecule has 1 aromatic carbocycles. The highest BCUT2D eigenvalue weighted by molar-refractivity contribution is 14.0. The number of hydrogen-bond donors (Lipinski definition) is 3. The first-order chi connectivity index (χ1) is 14.1. The van der Waals surface area contributed by atoms with E-state index in [9.17, 15) is 5.11 Å². The van der Waals surface area contributed by atoms with Gasteiger partial charge in [-0.2, -0.15) is 0 Å². The SMILES string of the molecule is CCNC(=NCC1(CCO)CCOC1)NCC1(c2cccc(Cl)c2)CCOCC1.I. The molecule has 170 valence electrons. The number of hydrogen-bond acceptors (Lipinski definition) is 4. The predicted octanol–water partition coefficient (Wildman–Crippen LogP) is 3.35. The molecule has 1 atom stereocenters. The Bertz CT molecular complexity index is 677. The fourth-order valence-electron chi connectivity index (χ4n) is 4.28. The van der Waals surface area contributed by atoms with E-state index >= 15 is 0 Å². The van der Waals surface area contributed by atoms with Crippen LogP contribution in [0.1, 0.15) is 38.2 Å². The fourth-order valence-corrected chi connectivity index (χ4v) is 4.47. The molecule has 0 aromatic heterocycles. The molecule has 3 rings (SSSR count). The lowest BCUT2D eigenvalue weighted by Crippen LogP contribution is -2.48. The van der Waals surface area contributed by atoms with Crippen LogP contribution in [0.3, 0.4) is 0 Å². The first kappa shape index (κ1) is 25.6. The summed E-state index contributed by atoms with van der Waals surface area (Å²) in [4.78, 5) is 4.86. The van der Waals surface area contributed by atoms with E-state index in [-0.39, 0.29) is 41.4 Å². The Labute approximate surface area is 202 Å². The van der Waals surface area contributed by atoms with Gasteiger partial charge in [-0.1, -0.05) is 23.7 Å². The summed E-state index contributed by atoms with van der Waals surface area (Å²) in [7, 11) is 0. The summed E-state index contributed by atoms with van der Waals surface area (Å²) in [5.41, 5.74) is 1.16. The van der Waals surface area contributed by atoms with Gasteiger partial charge in [0.25, 0.3) is 0 Å². The van der Waals surface area contributed by atoms with Gasteiger partial charge in [0.15, 0.2) is 5.96 Å². The van der Waals surface area contributed by atoms with Crippen molar-refractivity contribution >= 4 is 41.5 Å². The van der Waals surface area contributed by atoms with Crippen molar-refractivity contribution in [1.29, 1.82) is 0 Å². The summed E-state index contributed by atoms with van der Waals surface area (Å²) >= 11 is 6.29. The van der Waals surface area contributed by atoms with Crippen LogP contribution in [0, 0.1) is 5.41 Å². The molecular weight excluding hydrogens is 517 g/mol. The van der Waals surface area contributed by atoms with E-state index in [4.69, 9.17) is 26.1 Å². The maximum atomic E-state index is 9.46. The van der Waals surface area contributed by atoms with E-state index in [0.29, 0.717) is 13.2 Å². The number of benzene rings is 1. The van der Waals surface area contributed by atoms with Crippen LogP contribution >= 0.6 is 35.6 Å². The predicted molar refractivity (Wildman–Crippen MR) is 132 cm³/mol. The summed E-state index contributed by atoms with van der Waals surface area (Å²) in [6.45, 7) is 7.36. The number of aliphatic imine (C=N–C) groups is 1. The molecule has 0 saturated carbocycles. The first-order valence-corrected chi connectivity index (χ1v) is 11.0. The maximum absolute atomic E-state index is 9.46. The van der Waals surface area contributed by atoms with Crippen LogP contribution in [0.2, 0.25) is 5.02 Å². The number of nitrogens with zero attached hydrogens (tertiary/aromatic N) is 1. The minimum Gasteiger partial charge on any atom is -0.396 e. The molecule has 0 radical (unpaired) electrons. The van der Waals surface area contributed by atoms with Gasteiger partial charge in [0.05, 0.1) is 13.2 Å². The Balaban J connectivity index is 0.00000320. The average Bonchev–Trinajstić information content (AvgIpc) is 3.20. The highest BCUT2D eigenvalue weighted by Gasteiger charge is 2.36. The summed E-state index contributed by atoms with van der Waals surface area (Å²) in [6.07, 6.45) is 3.56. The third kappa shape index (κ3) is 6.69. The molecule has 0 bridgehead atoms. The van der Waals surface area contributed by atoms with E-state index < -0.39 is 0 Å². The van der Waals surface area contributed by atoms with Crippen molar-refractivity contribution in [1.82, 2.24) is 10.6 Å². The highest BCUT2D eigenvalue weighted by atomic mass is 127. The normalized spacial score (nSPS) is 23.6. The van der Waals surface area contributed by atoms with Crippen molar-refractivity contribution in [2.24, 2.45) is 10.4 Å². The van der Waals surface area contributed by atoms with Crippen molar-refractivity contribution in [3.63, 3.8) is 0 Å². The van der Waals surface area contributed by atoms with Gasteiger partial charge < -0.3 is 25.2 Å². The second-order valence-electron chi connectivity index (χ2n) is 8.23. The molecule has 8 heteroatoms. The summed E-state index contributed by atoms with van der Waals surface area (Å²) < 4.78 is 11.2. The molecule has 2 aliphatic heterocycles. The molecule has 3 N–H and O–H groups in total. The second-order valence-corrected chi connectivity index (χ2v) is 8.66. The van der Waals surface area contributed by atoms with Crippen molar-refractivity contribution in [2.75, 3.05) is 52.7 Å². The molecule has 30 heavy (non-hydrogen) atoms. The van der Waals surface area contributed by atoms with Crippen molar-refractivity contribution in [3.05, 3.63) is 34.9 Å². The van der Waals surface area contributed by atoms with E-state index in [1.807, 2.05) is 12.1 Å².